The third kappa shape index (κ3) is 5.93. The van der Waals surface area contributed by atoms with Crippen molar-refractivity contribution in [2.45, 2.75) is 40.2 Å². The number of hydrogen-bond donors (Lipinski definition) is 1. The van der Waals surface area contributed by atoms with Gasteiger partial charge in [0.25, 0.3) is 0 Å². The van der Waals surface area contributed by atoms with Crippen LogP contribution in [0.5, 0.6) is 5.75 Å². The van der Waals surface area contributed by atoms with E-state index < -0.39 is 11.7 Å². The summed E-state index contributed by atoms with van der Waals surface area (Å²) in [6.45, 7) is 9.16. The predicted octanol–water partition coefficient (Wildman–Crippen LogP) is 6.78. The molecule has 0 aliphatic heterocycles. The Morgan fingerprint density at radius 1 is 0.975 bits per heavy atom. The smallest absolute Gasteiger partial charge is 0.435 e. The summed E-state index contributed by atoms with van der Waals surface area (Å²) in [7, 11) is 0. The minimum Gasteiger partial charge on any atom is -0.486 e. The van der Waals surface area contributed by atoms with E-state index in [4.69, 9.17) is 19.4 Å². The zero-order valence-corrected chi connectivity index (χ0v) is 23.1. The van der Waals surface area contributed by atoms with Crippen molar-refractivity contribution in [3.63, 3.8) is 0 Å². The van der Waals surface area contributed by atoms with Crippen LogP contribution in [0.15, 0.2) is 72.9 Å². The number of nitrogens with one attached hydrogen (secondary N) is 1. The lowest BCUT2D eigenvalue weighted by molar-refractivity contribution is -0.123. The van der Waals surface area contributed by atoms with Gasteiger partial charge in [-0.15, -0.1) is 0 Å². The van der Waals surface area contributed by atoms with Gasteiger partial charge < -0.3 is 14.8 Å². The number of anilines is 2. The average Bonchev–Trinajstić information content (AvgIpc) is 3.34. The van der Waals surface area contributed by atoms with Gasteiger partial charge in [-0.25, -0.2) is 14.8 Å². The molecule has 9 nitrogen and oxygen atoms in total. The molecule has 0 bridgehead atoms. The van der Waals surface area contributed by atoms with Crippen LogP contribution in [0.25, 0.3) is 33.2 Å². The van der Waals surface area contributed by atoms with Crippen LogP contribution in [0.4, 0.5) is 16.3 Å². The molecule has 40 heavy (non-hydrogen) atoms. The molecule has 0 saturated carbocycles. The molecule has 0 aliphatic rings. The minimum absolute atomic E-state index is 0.0134. The van der Waals surface area contributed by atoms with Gasteiger partial charge in [-0.3, -0.25) is 4.79 Å². The van der Waals surface area contributed by atoms with Gasteiger partial charge in [-0.05, 0) is 63.2 Å². The molecule has 0 fully saturated rings. The fourth-order valence-corrected chi connectivity index (χ4v) is 4.05. The third-order valence-electron chi connectivity index (χ3n) is 6.12. The maximum absolute atomic E-state index is 12.6. The van der Waals surface area contributed by atoms with Crippen LogP contribution in [0.1, 0.15) is 34.6 Å². The van der Waals surface area contributed by atoms with Crippen molar-refractivity contribution in [2.24, 2.45) is 5.92 Å². The maximum Gasteiger partial charge on any atom is 0.435 e. The Morgan fingerprint density at radius 2 is 1.77 bits per heavy atom. The Kier molecular flexibility index (Phi) is 7.21. The van der Waals surface area contributed by atoms with Crippen molar-refractivity contribution in [3.8, 4) is 17.1 Å². The minimum atomic E-state index is -0.625. The second-order valence-corrected chi connectivity index (χ2v) is 10.8. The van der Waals surface area contributed by atoms with Gasteiger partial charge in [0, 0.05) is 27.9 Å². The Hall–Kier alpha value is -4.79. The van der Waals surface area contributed by atoms with E-state index in [0.717, 1.165) is 27.5 Å². The first-order valence-corrected chi connectivity index (χ1v) is 13.1. The van der Waals surface area contributed by atoms with Crippen molar-refractivity contribution < 1.29 is 19.1 Å². The van der Waals surface area contributed by atoms with Gasteiger partial charge in [0.2, 0.25) is 0 Å². The lowest BCUT2D eigenvalue weighted by atomic mass is 10.1. The summed E-state index contributed by atoms with van der Waals surface area (Å²) in [5.74, 6) is 1.66. The number of ether oxygens (including phenoxy) is 2. The number of aromatic nitrogens is 4. The number of carbonyl (C=O) groups is 2. The number of fused-ring (bicyclic) bond motifs is 2. The summed E-state index contributed by atoms with van der Waals surface area (Å²) in [5, 5.41) is 9.27. The summed E-state index contributed by atoms with van der Waals surface area (Å²) in [6, 6.07) is 20.7. The molecule has 0 amide bonds. The number of Topliss-reactive ketones (excluding diaryl/α,β-unsaturated/α-hetero) is 1. The molecule has 1 N–H and O–H groups in total. The molecular formula is C31H31N5O4. The Morgan fingerprint density at radius 3 is 2.55 bits per heavy atom. The molecule has 0 saturated heterocycles. The standard InChI is InChI=1S/C31H31N5O4/c1-19(2)27(37)18-39-23-10-8-9-20(16-23)28-34-25-12-7-6-11-24(25)29(35-28)33-22-13-14-26-21(15-22)17-32-36(26)30(38)40-31(3,4)5/h6-17,19H,18H2,1-5H3,(H,33,34,35). The number of carbonyl (C=O) groups excluding carboxylic acids is 2. The number of para-hydroxylation sites is 1. The van der Waals surface area contributed by atoms with Crippen molar-refractivity contribution in [2.75, 3.05) is 11.9 Å². The van der Waals surface area contributed by atoms with Crippen LogP contribution in [-0.4, -0.2) is 43.8 Å². The van der Waals surface area contributed by atoms with Crippen molar-refractivity contribution in [1.29, 1.82) is 0 Å². The predicted molar refractivity (Wildman–Crippen MR) is 155 cm³/mol. The highest BCUT2D eigenvalue weighted by Crippen LogP contribution is 2.30. The Balaban J connectivity index is 1.46. The highest BCUT2D eigenvalue weighted by Gasteiger charge is 2.20. The monoisotopic (exact) mass is 537 g/mol. The van der Waals surface area contributed by atoms with E-state index >= 15 is 0 Å². The van der Waals surface area contributed by atoms with E-state index in [1.54, 1.807) is 6.20 Å². The Labute approximate surface area is 232 Å². The number of rotatable bonds is 7. The first-order valence-electron chi connectivity index (χ1n) is 13.1. The molecule has 0 atom stereocenters. The van der Waals surface area contributed by atoms with Crippen molar-refractivity contribution >= 4 is 45.2 Å². The lowest BCUT2D eigenvalue weighted by Gasteiger charge is -2.19. The Bertz CT molecular complexity index is 1720. The zero-order chi connectivity index (χ0) is 28.4. The summed E-state index contributed by atoms with van der Waals surface area (Å²) < 4.78 is 12.5. The molecule has 3 aromatic carbocycles. The molecule has 9 heteroatoms. The number of nitrogens with zero attached hydrogens (tertiary/aromatic N) is 4. The van der Waals surface area contributed by atoms with Crippen LogP contribution >= 0.6 is 0 Å². The lowest BCUT2D eigenvalue weighted by Crippen LogP contribution is -2.27. The molecule has 0 unspecified atom stereocenters. The van der Waals surface area contributed by atoms with E-state index in [9.17, 15) is 9.59 Å². The van der Waals surface area contributed by atoms with Crippen LogP contribution in [0, 0.1) is 5.92 Å². The molecule has 0 spiro atoms. The number of ketones is 1. The average molecular weight is 538 g/mol. The third-order valence-corrected chi connectivity index (χ3v) is 6.12. The quantitative estimate of drug-likeness (QED) is 0.242. The van der Waals surface area contributed by atoms with Crippen LogP contribution in [-0.2, 0) is 9.53 Å². The summed E-state index contributed by atoms with van der Waals surface area (Å²) in [4.78, 5) is 34.2. The molecular weight excluding hydrogens is 506 g/mol. The van der Waals surface area contributed by atoms with E-state index in [1.807, 2.05) is 101 Å². The van der Waals surface area contributed by atoms with Gasteiger partial charge in [0.15, 0.2) is 11.6 Å². The molecule has 5 rings (SSSR count). The molecule has 2 heterocycles. The SMILES string of the molecule is CC(C)C(=O)COc1cccc(-c2nc(Nc3ccc4c(cnn4C(=O)OC(C)(C)C)c3)c3ccccc3n2)c1. The van der Waals surface area contributed by atoms with Gasteiger partial charge in [0.05, 0.1) is 17.2 Å². The second kappa shape index (κ2) is 10.8. The summed E-state index contributed by atoms with van der Waals surface area (Å²) in [6.07, 6.45) is 1.10. The van der Waals surface area contributed by atoms with Crippen molar-refractivity contribution in [1.82, 2.24) is 19.7 Å². The van der Waals surface area contributed by atoms with Gasteiger partial charge in [-0.1, -0.05) is 38.1 Å². The highest BCUT2D eigenvalue weighted by atomic mass is 16.6. The van der Waals surface area contributed by atoms with E-state index in [0.29, 0.717) is 22.9 Å². The molecule has 2 aromatic heterocycles. The number of hydrogen-bond acceptors (Lipinski definition) is 8. The summed E-state index contributed by atoms with van der Waals surface area (Å²) >= 11 is 0. The van der Waals surface area contributed by atoms with Crippen molar-refractivity contribution in [3.05, 3.63) is 72.9 Å². The topological polar surface area (TPSA) is 108 Å². The van der Waals surface area contributed by atoms with E-state index in [2.05, 4.69) is 10.4 Å². The molecule has 204 valence electrons. The van der Waals surface area contributed by atoms with E-state index in [1.165, 1.54) is 4.68 Å². The molecule has 5 aromatic rings. The van der Waals surface area contributed by atoms with Gasteiger partial charge in [-0.2, -0.15) is 9.78 Å². The van der Waals surface area contributed by atoms with Crippen LogP contribution in [0.3, 0.4) is 0 Å². The molecule has 0 aliphatic carbocycles. The van der Waals surface area contributed by atoms with Crippen LogP contribution in [0.2, 0.25) is 0 Å². The van der Waals surface area contributed by atoms with Gasteiger partial charge in [0.1, 0.15) is 23.8 Å². The first kappa shape index (κ1) is 26.8. The zero-order valence-electron chi connectivity index (χ0n) is 23.1. The summed E-state index contributed by atoms with van der Waals surface area (Å²) in [5.41, 5.74) is 2.32. The highest BCUT2D eigenvalue weighted by molar-refractivity contribution is 5.94. The second-order valence-electron chi connectivity index (χ2n) is 10.8. The largest absolute Gasteiger partial charge is 0.486 e. The fraction of sp³-hybridized carbons (Fsp3) is 0.258. The maximum atomic E-state index is 12.6. The van der Waals surface area contributed by atoms with Gasteiger partial charge >= 0.3 is 6.09 Å². The normalized spacial score (nSPS) is 11.7. The number of benzene rings is 3. The fourth-order valence-electron chi connectivity index (χ4n) is 4.05. The van der Waals surface area contributed by atoms with E-state index in [-0.39, 0.29) is 18.3 Å². The molecule has 0 radical (unpaired) electrons. The van der Waals surface area contributed by atoms with Crippen LogP contribution < -0.4 is 10.1 Å². The first-order chi connectivity index (χ1) is 19.1.